The molecule has 1 aromatic rings. The van der Waals surface area contributed by atoms with Gasteiger partial charge in [0.1, 0.15) is 0 Å². The second-order valence-electron chi connectivity index (χ2n) is 6.12. The largest absolute Gasteiger partial charge is 0.481 e. The van der Waals surface area contributed by atoms with E-state index in [4.69, 9.17) is 5.11 Å². The van der Waals surface area contributed by atoms with Gasteiger partial charge in [0.15, 0.2) is 0 Å². The predicted octanol–water partition coefficient (Wildman–Crippen LogP) is 1.17. The summed E-state index contributed by atoms with van der Waals surface area (Å²) in [5.74, 6) is -0.923. The maximum Gasteiger partial charge on any atom is 0.311 e. The Bertz CT molecular complexity index is 614. The Morgan fingerprint density at radius 3 is 2.57 bits per heavy atom. The van der Waals surface area contributed by atoms with Crippen molar-refractivity contribution in [2.24, 2.45) is 11.3 Å². The Morgan fingerprint density at radius 2 is 2.05 bits per heavy atom. The van der Waals surface area contributed by atoms with Gasteiger partial charge >= 0.3 is 5.97 Å². The van der Waals surface area contributed by atoms with Gasteiger partial charge in [-0.3, -0.25) is 14.4 Å². The fraction of sp³-hybridized carbons (Fsp3) is 0.533. The third-order valence-electron chi connectivity index (χ3n) is 3.69. The molecule has 0 atom stereocenters. The first kappa shape index (κ1) is 15.3. The van der Waals surface area contributed by atoms with E-state index in [0.29, 0.717) is 30.9 Å². The number of carboxylic acid groups (broad SMARTS) is 1. The molecule has 1 aromatic heterocycles. The number of carboxylic acids is 1. The normalized spacial score (nSPS) is 15.8. The van der Waals surface area contributed by atoms with Crippen molar-refractivity contribution in [2.45, 2.75) is 33.1 Å². The van der Waals surface area contributed by atoms with Gasteiger partial charge in [0.05, 0.1) is 5.41 Å². The van der Waals surface area contributed by atoms with Crippen LogP contribution < -0.4 is 10.9 Å². The van der Waals surface area contributed by atoms with Crippen LogP contribution in [-0.2, 0) is 11.2 Å². The highest BCUT2D eigenvalue weighted by atomic mass is 16.4. The summed E-state index contributed by atoms with van der Waals surface area (Å²) in [6, 6.07) is 2.89. The van der Waals surface area contributed by atoms with Crippen molar-refractivity contribution in [1.82, 2.24) is 10.3 Å². The molecule has 1 aliphatic carbocycles. The number of pyridine rings is 1. The molecule has 6 nitrogen and oxygen atoms in total. The Morgan fingerprint density at radius 1 is 1.38 bits per heavy atom. The molecule has 0 aliphatic heterocycles. The molecular weight excluding hydrogens is 272 g/mol. The minimum atomic E-state index is -0.880. The van der Waals surface area contributed by atoms with Gasteiger partial charge in [-0.1, -0.05) is 13.8 Å². The first-order valence-corrected chi connectivity index (χ1v) is 7.07. The molecule has 1 amide bonds. The molecule has 0 radical (unpaired) electrons. The second kappa shape index (κ2) is 5.71. The van der Waals surface area contributed by atoms with Crippen LogP contribution >= 0.6 is 0 Å². The van der Waals surface area contributed by atoms with Crippen molar-refractivity contribution >= 4 is 11.9 Å². The minimum Gasteiger partial charge on any atom is -0.481 e. The molecule has 6 heteroatoms. The van der Waals surface area contributed by atoms with E-state index in [-0.39, 0.29) is 17.7 Å². The highest BCUT2D eigenvalue weighted by Gasteiger charge is 2.50. The number of aromatic amines is 1. The summed E-state index contributed by atoms with van der Waals surface area (Å²) in [7, 11) is 0. The monoisotopic (exact) mass is 292 g/mol. The van der Waals surface area contributed by atoms with E-state index in [2.05, 4.69) is 10.3 Å². The zero-order valence-corrected chi connectivity index (χ0v) is 12.2. The van der Waals surface area contributed by atoms with E-state index in [1.165, 1.54) is 6.07 Å². The number of carbonyl (C=O) groups excluding carboxylic acids is 1. The van der Waals surface area contributed by atoms with Crippen LogP contribution in [0.5, 0.6) is 0 Å². The topological polar surface area (TPSA) is 99.3 Å². The number of hydrogen-bond acceptors (Lipinski definition) is 3. The highest BCUT2D eigenvalue weighted by Crippen LogP contribution is 2.45. The highest BCUT2D eigenvalue weighted by molar-refractivity contribution is 5.94. The zero-order valence-electron chi connectivity index (χ0n) is 12.2. The summed E-state index contributed by atoms with van der Waals surface area (Å²) in [6.07, 6.45) is 1.84. The van der Waals surface area contributed by atoms with Crippen LogP contribution in [0.25, 0.3) is 0 Å². The van der Waals surface area contributed by atoms with Gasteiger partial charge in [0.25, 0.3) is 5.91 Å². The minimum absolute atomic E-state index is 0.105. The molecule has 114 valence electrons. The SMILES string of the molecule is CC(C)Cc1cc(C(=O)NCC2(C(=O)O)CC2)cc(=O)[nH]1. The van der Waals surface area contributed by atoms with Crippen molar-refractivity contribution < 1.29 is 14.7 Å². The van der Waals surface area contributed by atoms with Crippen LogP contribution in [0.1, 0.15) is 42.7 Å². The quantitative estimate of drug-likeness (QED) is 0.732. The van der Waals surface area contributed by atoms with Crippen LogP contribution in [-0.4, -0.2) is 28.5 Å². The lowest BCUT2D eigenvalue weighted by Gasteiger charge is -2.12. The molecule has 3 N–H and O–H groups in total. The lowest BCUT2D eigenvalue weighted by molar-refractivity contribution is -0.143. The van der Waals surface area contributed by atoms with Gasteiger partial charge in [0, 0.05) is 23.9 Å². The number of H-pyrrole nitrogens is 1. The number of rotatable bonds is 6. The third-order valence-corrected chi connectivity index (χ3v) is 3.69. The van der Waals surface area contributed by atoms with Crippen LogP contribution in [0, 0.1) is 11.3 Å². The average molecular weight is 292 g/mol. The molecular formula is C15H20N2O4. The summed E-state index contributed by atoms with van der Waals surface area (Å²) >= 11 is 0. The van der Waals surface area contributed by atoms with Gasteiger partial charge < -0.3 is 15.4 Å². The van der Waals surface area contributed by atoms with Crippen molar-refractivity contribution in [3.8, 4) is 0 Å². The maximum atomic E-state index is 12.1. The third kappa shape index (κ3) is 3.71. The fourth-order valence-corrected chi connectivity index (χ4v) is 2.25. The van der Waals surface area contributed by atoms with Crippen LogP contribution in [0.3, 0.4) is 0 Å². The van der Waals surface area contributed by atoms with Gasteiger partial charge in [-0.25, -0.2) is 0 Å². The van der Waals surface area contributed by atoms with Gasteiger partial charge in [-0.05, 0) is 31.2 Å². The van der Waals surface area contributed by atoms with E-state index in [0.717, 1.165) is 0 Å². The fourth-order valence-electron chi connectivity index (χ4n) is 2.25. The average Bonchev–Trinajstić information content (AvgIpc) is 3.15. The van der Waals surface area contributed by atoms with Gasteiger partial charge in [0.2, 0.25) is 5.56 Å². The van der Waals surface area contributed by atoms with E-state index < -0.39 is 17.3 Å². The summed E-state index contributed by atoms with van der Waals surface area (Å²) < 4.78 is 0. The van der Waals surface area contributed by atoms with Crippen LogP contribution in [0.4, 0.5) is 0 Å². The number of nitrogens with one attached hydrogen (secondary N) is 2. The molecule has 0 unspecified atom stereocenters. The Balaban J connectivity index is 2.07. The molecule has 0 aromatic carbocycles. The number of aliphatic carboxylic acids is 1. The lowest BCUT2D eigenvalue weighted by atomic mass is 10.1. The number of aromatic nitrogens is 1. The van der Waals surface area contributed by atoms with Crippen molar-refractivity contribution in [1.29, 1.82) is 0 Å². The molecule has 21 heavy (non-hydrogen) atoms. The molecule has 2 rings (SSSR count). The van der Waals surface area contributed by atoms with E-state index in [9.17, 15) is 14.4 Å². The van der Waals surface area contributed by atoms with E-state index in [1.54, 1.807) is 6.07 Å². The molecule has 1 heterocycles. The lowest BCUT2D eigenvalue weighted by Crippen LogP contribution is -2.34. The summed E-state index contributed by atoms with van der Waals surface area (Å²) in [6.45, 7) is 4.15. The molecule has 0 bridgehead atoms. The Labute approximate surface area is 122 Å². The molecule has 1 fully saturated rings. The van der Waals surface area contributed by atoms with Crippen molar-refractivity contribution in [3.05, 3.63) is 33.7 Å². The standard InChI is InChI=1S/C15H20N2O4/c1-9(2)5-11-6-10(7-12(18)17-11)13(19)16-8-15(3-4-15)14(20)21/h6-7,9H,3-5,8H2,1-2H3,(H,16,19)(H,17,18)(H,20,21). The molecule has 1 aliphatic rings. The first-order valence-electron chi connectivity index (χ1n) is 7.07. The smallest absolute Gasteiger partial charge is 0.311 e. The van der Waals surface area contributed by atoms with Crippen LogP contribution in [0.2, 0.25) is 0 Å². The number of carbonyl (C=O) groups is 2. The molecule has 1 saturated carbocycles. The van der Waals surface area contributed by atoms with Crippen LogP contribution in [0.15, 0.2) is 16.9 Å². The summed E-state index contributed by atoms with van der Waals surface area (Å²) in [4.78, 5) is 37.4. The van der Waals surface area contributed by atoms with E-state index >= 15 is 0 Å². The van der Waals surface area contributed by atoms with Crippen molar-refractivity contribution in [2.75, 3.05) is 6.54 Å². The van der Waals surface area contributed by atoms with Gasteiger partial charge in [-0.2, -0.15) is 0 Å². The maximum absolute atomic E-state index is 12.1. The Kier molecular flexibility index (Phi) is 4.16. The summed E-state index contributed by atoms with van der Waals surface area (Å²) in [5, 5.41) is 11.7. The first-order chi connectivity index (χ1) is 9.82. The zero-order chi connectivity index (χ0) is 15.6. The number of hydrogen-bond donors (Lipinski definition) is 3. The Hall–Kier alpha value is -2.11. The molecule has 0 saturated heterocycles. The van der Waals surface area contributed by atoms with Crippen molar-refractivity contribution in [3.63, 3.8) is 0 Å². The predicted molar refractivity (Wildman–Crippen MR) is 77.2 cm³/mol. The second-order valence-corrected chi connectivity index (χ2v) is 6.12. The number of amides is 1. The summed E-state index contributed by atoms with van der Waals surface area (Å²) in [5.41, 5.74) is -0.146. The molecule has 0 spiro atoms. The van der Waals surface area contributed by atoms with Gasteiger partial charge in [-0.15, -0.1) is 0 Å². The van der Waals surface area contributed by atoms with E-state index in [1.807, 2.05) is 13.8 Å².